The zero-order valence-corrected chi connectivity index (χ0v) is 23.5. The number of carbonyl (C=O) groups excluding carboxylic acids is 1. The van der Waals surface area contributed by atoms with Gasteiger partial charge in [-0.1, -0.05) is 29.8 Å². The van der Waals surface area contributed by atoms with Gasteiger partial charge in [0.05, 0.1) is 22.6 Å². The number of hydrogen-bond donors (Lipinski definition) is 2. The largest absolute Gasteiger partial charge is 0.390 e. The van der Waals surface area contributed by atoms with E-state index in [9.17, 15) is 13.2 Å². The lowest BCUT2D eigenvalue weighted by Crippen LogP contribution is -2.47. The van der Waals surface area contributed by atoms with Crippen LogP contribution in [-0.2, 0) is 14.8 Å². The second kappa shape index (κ2) is 11.3. The maximum Gasteiger partial charge on any atom is 0.272 e. The highest BCUT2D eigenvalue weighted by molar-refractivity contribution is 7.88. The second-order valence-corrected chi connectivity index (χ2v) is 12.9. The molecule has 12 heteroatoms. The highest BCUT2D eigenvalue weighted by Gasteiger charge is 2.44. The number of carbonyl (C=O) groups is 1. The van der Waals surface area contributed by atoms with Crippen LogP contribution in [0.4, 0.5) is 5.69 Å². The molecule has 3 N–H and O–H groups in total. The number of benzene rings is 1. The Bertz CT molecular complexity index is 1210. The fraction of sp³-hybridized carbons (Fsp3) is 0.520. The van der Waals surface area contributed by atoms with Gasteiger partial charge >= 0.3 is 0 Å². The molecule has 9 nitrogen and oxygen atoms in total. The van der Waals surface area contributed by atoms with Gasteiger partial charge in [-0.05, 0) is 49.8 Å². The van der Waals surface area contributed by atoms with Crippen molar-refractivity contribution in [2.24, 2.45) is 22.6 Å². The molecule has 1 amide bonds. The van der Waals surface area contributed by atoms with Crippen LogP contribution in [0.3, 0.4) is 0 Å². The summed E-state index contributed by atoms with van der Waals surface area (Å²) >= 11 is 12.1. The molecule has 37 heavy (non-hydrogen) atoms. The van der Waals surface area contributed by atoms with E-state index in [-0.39, 0.29) is 11.6 Å². The Morgan fingerprint density at radius 3 is 2.30 bits per heavy atom. The number of nitrogens with zero attached hydrogens (tertiary/aromatic N) is 4. The number of piperidine rings is 1. The van der Waals surface area contributed by atoms with Gasteiger partial charge in [-0.25, -0.2) is 17.7 Å². The predicted molar refractivity (Wildman–Crippen MR) is 149 cm³/mol. The lowest BCUT2D eigenvalue weighted by Gasteiger charge is -2.37. The van der Waals surface area contributed by atoms with Crippen LogP contribution in [0.2, 0.25) is 10.0 Å². The number of amides is 1. The molecule has 0 aromatic heterocycles. The van der Waals surface area contributed by atoms with Crippen LogP contribution in [0.5, 0.6) is 0 Å². The van der Waals surface area contributed by atoms with Crippen molar-refractivity contribution in [3.8, 4) is 0 Å². The topological polar surface area (TPSA) is 111 Å². The Hall–Kier alpha value is -2.11. The SMILES string of the molecule is C=C(Nc1ccc(Cl)c(Cl)c1)/C(C)=C(\N=C/N)C(=O)N1CCC(N2CC3CN(S(C)(=O)=O)CC3C2)CC1. The van der Waals surface area contributed by atoms with Gasteiger partial charge in [0.15, 0.2) is 0 Å². The number of likely N-dealkylation sites (tertiary alicyclic amines) is 2. The summed E-state index contributed by atoms with van der Waals surface area (Å²) in [4.78, 5) is 21.9. The minimum atomic E-state index is -3.13. The van der Waals surface area contributed by atoms with Gasteiger partial charge in [-0.3, -0.25) is 9.69 Å². The van der Waals surface area contributed by atoms with E-state index < -0.39 is 10.0 Å². The maximum atomic E-state index is 13.4. The van der Waals surface area contributed by atoms with Crippen molar-refractivity contribution in [3.63, 3.8) is 0 Å². The maximum absolute atomic E-state index is 13.4. The summed E-state index contributed by atoms with van der Waals surface area (Å²) in [5.41, 5.74) is 7.62. The molecular weight excluding hydrogens is 535 g/mol. The van der Waals surface area contributed by atoms with E-state index >= 15 is 0 Å². The molecule has 1 aromatic rings. The van der Waals surface area contributed by atoms with Crippen LogP contribution in [0.1, 0.15) is 19.8 Å². The first-order valence-electron chi connectivity index (χ1n) is 12.3. The Kier molecular flexibility index (Phi) is 8.55. The molecule has 0 aliphatic carbocycles. The quantitative estimate of drug-likeness (QED) is 0.226. The van der Waals surface area contributed by atoms with Gasteiger partial charge in [0.2, 0.25) is 10.0 Å². The van der Waals surface area contributed by atoms with Crippen LogP contribution in [0.25, 0.3) is 0 Å². The summed E-state index contributed by atoms with van der Waals surface area (Å²) in [6.07, 6.45) is 4.14. The molecule has 202 valence electrons. The van der Waals surface area contributed by atoms with Crippen LogP contribution in [0.15, 0.2) is 46.7 Å². The van der Waals surface area contributed by atoms with Crippen molar-refractivity contribution in [3.05, 3.63) is 51.8 Å². The first kappa shape index (κ1) is 27.9. The lowest BCUT2D eigenvalue weighted by atomic mass is 10.0. The fourth-order valence-corrected chi connectivity index (χ4v) is 6.73. The molecule has 1 aromatic carbocycles. The third-order valence-electron chi connectivity index (χ3n) is 7.65. The molecule has 2 atom stereocenters. The number of allylic oxidation sites excluding steroid dienone is 1. The van der Waals surface area contributed by atoms with E-state index in [1.807, 2.05) is 4.90 Å². The summed E-state index contributed by atoms with van der Waals surface area (Å²) in [7, 11) is -3.13. The standard InChI is InChI=1S/C25H34Cl2N6O3S/c1-16(17(2)30-20-4-5-22(26)23(27)10-20)24(29-15-28)25(34)31-8-6-21(7-9-31)32-11-18-13-33(37(3,35)36)14-19(18)12-32/h4-5,10,15,18-19,21,30H,2,6-9,11-14H2,1,3H3,(H2,28,29)/b24-16-. The highest BCUT2D eigenvalue weighted by atomic mass is 35.5. The van der Waals surface area contributed by atoms with Crippen LogP contribution < -0.4 is 11.1 Å². The Balaban J connectivity index is 1.36. The highest BCUT2D eigenvalue weighted by Crippen LogP contribution is 2.35. The summed E-state index contributed by atoms with van der Waals surface area (Å²) in [6.45, 7) is 10.1. The normalized spacial score (nSPS) is 24.4. The van der Waals surface area contributed by atoms with Gasteiger partial charge < -0.3 is 16.0 Å². The van der Waals surface area contributed by atoms with Crippen molar-refractivity contribution in [2.45, 2.75) is 25.8 Å². The number of anilines is 1. The number of fused-ring (bicyclic) bond motifs is 1. The van der Waals surface area contributed by atoms with Crippen molar-refractivity contribution >= 4 is 51.2 Å². The average Bonchev–Trinajstić information content (AvgIpc) is 3.44. The zero-order chi connectivity index (χ0) is 26.9. The number of rotatable bonds is 7. The first-order valence-corrected chi connectivity index (χ1v) is 14.9. The summed E-state index contributed by atoms with van der Waals surface area (Å²) in [5.74, 6) is 0.593. The molecule has 3 saturated heterocycles. The summed E-state index contributed by atoms with van der Waals surface area (Å²) < 4.78 is 25.4. The van der Waals surface area contributed by atoms with Crippen molar-refractivity contribution in [1.29, 1.82) is 0 Å². The van der Waals surface area contributed by atoms with Crippen molar-refractivity contribution in [2.75, 3.05) is 50.8 Å². The second-order valence-electron chi connectivity index (χ2n) is 10.1. The van der Waals surface area contributed by atoms with Crippen molar-refractivity contribution < 1.29 is 13.2 Å². The van der Waals surface area contributed by atoms with Gasteiger partial charge in [0.25, 0.3) is 5.91 Å². The number of nitrogens with two attached hydrogens (primary N) is 1. The van der Waals surface area contributed by atoms with Crippen LogP contribution >= 0.6 is 23.2 Å². The van der Waals surface area contributed by atoms with Gasteiger partial charge in [-0.15, -0.1) is 0 Å². The molecular formula is C25H34Cl2N6O3S. The fourth-order valence-electron chi connectivity index (χ4n) is 5.51. The Morgan fingerprint density at radius 1 is 1.14 bits per heavy atom. The number of sulfonamides is 1. The predicted octanol–water partition coefficient (Wildman–Crippen LogP) is 2.99. The molecule has 0 bridgehead atoms. The third kappa shape index (κ3) is 6.31. The molecule has 4 rings (SSSR count). The number of halogens is 2. The van der Waals surface area contributed by atoms with E-state index in [4.69, 9.17) is 28.9 Å². The number of nitrogens with one attached hydrogen (secondary N) is 1. The minimum Gasteiger partial charge on any atom is -0.390 e. The van der Waals surface area contributed by atoms with Gasteiger partial charge in [0, 0.05) is 62.3 Å². The van der Waals surface area contributed by atoms with E-state index in [2.05, 4.69) is 21.8 Å². The molecule has 0 saturated carbocycles. The number of hydrogen-bond acceptors (Lipinski definition) is 6. The molecule has 3 fully saturated rings. The van der Waals surface area contributed by atoms with E-state index in [0.29, 0.717) is 71.1 Å². The average molecular weight is 570 g/mol. The van der Waals surface area contributed by atoms with Crippen LogP contribution in [0, 0.1) is 11.8 Å². The molecule has 3 aliphatic heterocycles. The monoisotopic (exact) mass is 568 g/mol. The Morgan fingerprint density at radius 2 is 1.76 bits per heavy atom. The smallest absolute Gasteiger partial charge is 0.272 e. The van der Waals surface area contributed by atoms with E-state index in [1.54, 1.807) is 29.4 Å². The van der Waals surface area contributed by atoms with E-state index in [0.717, 1.165) is 32.3 Å². The van der Waals surface area contributed by atoms with Crippen molar-refractivity contribution in [1.82, 2.24) is 14.1 Å². The Labute approximate surface area is 229 Å². The molecule has 0 radical (unpaired) electrons. The molecule has 0 spiro atoms. The van der Waals surface area contributed by atoms with Crippen LogP contribution in [-0.4, -0.2) is 86.3 Å². The molecule has 2 unspecified atom stereocenters. The minimum absolute atomic E-state index is 0.183. The third-order valence-corrected chi connectivity index (χ3v) is 9.62. The van der Waals surface area contributed by atoms with E-state index in [1.165, 1.54) is 6.26 Å². The first-order chi connectivity index (χ1) is 17.5. The summed E-state index contributed by atoms with van der Waals surface area (Å²) in [6, 6.07) is 5.53. The molecule has 3 heterocycles. The van der Waals surface area contributed by atoms with Gasteiger partial charge in [0.1, 0.15) is 5.70 Å². The summed E-state index contributed by atoms with van der Waals surface area (Å²) in [5, 5.41) is 4.01. The zero-order valence-electron chi connectivity index (χ0n) is 21.2. The number of aliphatic imine (C=N–C) groups is 1. The molecule has 3 aliphatic rings. The van der Waals surface area contributed by atoms with Gasteiger partial charge in [-0.2, -0.15) is 0 Å². The lowest BCUT2D eigenvalue weighted by molar-refractivity contribution is -0.128.